The van der Waals surface area contributed by atoms with Crippen molar-refractivity contribution in [1.29, 1.82) is 0 Å². The Morgan fingerprint density at radius 2 is 2.27 bits per heavy atom. The zero-order valence-electron chi connectivity index (χ0n) is 8.69. The Labute approximate surface area is 93.9 Å². The Balaban J connectivity index is 1.78. The molecule has 2 aliphatic rings. The molecule has 2 heterocycles. The molecule has 0 bridgehead atoms. The van der Waals surface area contributed by atoms with E-state index in [9.17, 15) is 4.79 Å². The molecule has 15 heavy (non-hydrogen) atoms. The fraction of sp³-hybridized carbons (Fsp3) is 0.583. The molecule has 0 N–H and O–H groups in total. The van der Waals surface area contributed by atoms with E-state index in [1.165, 1.54) is 25.7 Å². The van der Waals surface area contributed by atoms with Crippen LogP contribution >= 0.6 is 11.3 Å². The van der Waals surface area contributed by atoms with Gasteiger partial charge in [-0.1, -0.05) is 6.07 Å². The molecular weight excluding hydrogens is 206 g/mol. The van der Waals surface area contributed by atoms with Crippen LogP contribution in [0.25, 0.3) is 0 Å². The van der Waals surface area contributed by atoms with Crippen molar-refractivity contribution in [3.05, 3.63) is 22.4 Å². The second kappa shape index (κ2) is 3.63. The molecule has 0 spiro atoms. The summed E-state index contributed by atoms with van der Waals surface area (Å²) in [5.74, 6) is 1.08. The van der Waals surface area contributed by atoms with E-state index >= 15 is 0 Å². The Hall–Kier alpha value is -0.830. The molecule has 1 aromatic heterocycles. The van der Waals surface area contributed by atoms with E-state index in [1.54, 1.807) is 11.3 Å². The molecule has 3 rings (SSSR count). The van der Waals surface area contributed by atoms with Crippen molar-refractivity contribution < 1.29 is 4.79 Å². The average Bonchev–Trinajstić information content (AvgIpc) is 2.82. The summed E-state index contributed by atoms with van der Waals surface area (Å²) in [5.41, 5.74) is 0. The van der Waals surface area contributed by atoms with E-state index in [1.807, 2.05) is 17.5 Å². The van der Waals surface area contributed by atoms with Crippen molar-refractivity contribution in [3.8, 4) is 0 Å². The van der Waals surface area contributed by atoms with E-state index in [-0.39, 0.29) is 5.91 Å². The average molecular weight is 221 g/mol. The maximum atomic E-state index is 12.2. The lowest BCUT2D eigenvalue weighted by Gasteiger charge is -2.23. The first-order valence-electron chi connectivity index (χ1n) is 5.71. The molecule has 0 radical (unpaired) electrons. The zero-order chi connectivity index (χ0) is 10.3. The number of carbonyl (C=O) groups excluding carboxylic acids is 1. The highest BCUT2D eigenvalue weighted by atomic mass is 32.1. The summed E-state index contributed by atoms with van der Waals surface area (Å²) >= 11 is 1.56. The van der Waals surface area contributed by atoms with Gasteiger partial charge in [0, 0.05) is 12.6 Å². The van der Waals surface area contributed by atoms with E-state index in [0.29, 0.717) is 6.04 Å². The van der Waals surface area contributed by atoms with Crippen molar-refractivity contribution in [3.63, 3.8) is 0 Å². The third kappa shape index (κ3) is 1.69. The highest BCUT2D eigenvalue weighted by molar-refractivity contribution is 7.12. The fourth-order valence-corrected chi connectivity index (χ4v) is 3.24. The van der Waals surface area contributed by atoms with Crippen LogP contribution < -0.4 is 0 Å². The van der Waals surface area contributed by atoms with Gasteiger partial charge >= 0.3 is 0 Å². The fourth-order valence-electron chi connectivity index (χ4n) is 2.56. The first kappa shape index (κ1) is 9.40. The normalized spacial score (nSPS) is 25.9. The van der Waals surface area contributed by atoms with Crippen LogP contribution in [-0.2, 0) is 0 Å². The molecule has 1 aromatic rings. The van der Waals surface area contributed by atoms with Crippen LogP contribution in [-0.4, -0.2) is 23.4 Å². The van der Waals surface area contributed by atoms with Gasteiger partial charge in [-0.05, 0) is 43.0 Å². The van der Waals surface area contributed by atoms with Crippen molar-refractivity contribution in [2.24, 2.45) is 5.92 Å². The minimum Gasteiger partial charge on any atom is -0.335 e. The van der Waals surface area contributed by atoms with Gasteiger partial charge in [0.1, 0.15) is 0 Å². The van der Waals surface area contributed by atoms with Crippen LogP contribution in [0.4, 0.5) is 0 Å². The first-order chi connectivity index (χ1) is 7.36. The quantitative estimate of drug-likeness (QED) is 0.752. The van der Waals surface area contributed by atoms with Crippen molar-refractivity contribution >= 4 is 17.2 Å². The monoisotopic (exact) mass is 221 g/mol. The van der Waals surface area contributed by atoms with E-state index in [2.05, 4.69) is 4.90 Å². The first-order valence-corrected chi connectivity index (χ1v) is 6.59. The van der Waals surface area contributed by atoms with Crippen molar-refractivity contribution in [1.82, 2.24) is 4.90 Å². The molecular formula is C12H15NOS. The Morgan fingerprint density at radius 3 is 2.93 bits per heavy atom. The minimum atomic E-state index is 0.263. The summed E-state index contributed by atoms with van der Waals surface area (Å²) in [5, 5.41) is 1.98. The largest absolute Gasteiger partial charge is 0.335 e. The summed E-state index contributed by atoms with van der Waals surface area (Å²) in [4.78, 5) is 15.2. The van der Waals surface area contributed by atoms with Crippen molar-refractivity contribution in [2.75, 3.05) is 6.54 Å². The van der Waals surface area contributed by atoms with Gasteiger partial charge in [0.15, 0.2) is 0 Å². The smallest absolute Gasteiger partial charge is 0.264 e. The maximum Gasteiger partial charge on any atom is 0.264 e. The number of rotatable bonds is 2. The number of carbonyl (C=O) groups is 1. The standard InChI is InChI=1S/C12H15NOS/c14-12(11-4-2-8-15-11)13-7-1-3-10(13)9-5-6-9/h2,4,8-10H,1,3,5-7H2. The SMILES string of the molecule is O=C(c1cccs1)N1CCCC1C1CC1. The van der Waals surface area contributed by atoms with Gasteiger partial charge in [0.25, 0.3) is 5.91 Å². The minimum absolute atomic E-state index is 0.263. The van der Waals surface area contributed by atoms with Crippen LogP contribution in [0.15, 0.2) is 17.5 Å². The number of thiophene rings is 1. The van der Waals surface area contributed by atoms with E-state index in [4.69, 9.17) is 0 Å². The Morgan fingerprint density at radius 1 is 1.40 bits per heavy atom. The molecule has 3 heteroatoms. The lowest BCUT2D eigenvalue weighted by Crippen LogP contribution is -2.36. The van der Waals surface area contributed by atoms with Crippen LogP contribution in [0.2, 0.25) is 0 Å². The third-order valence-electron chi connectivity index (χ3n) is 3.46. The molecule has 2 fully saturated rings. The van der Waals surface area contributed by atoms with Gasteiger partial charge in [0.05, 0.1) is 4.88 Å². The molecule has 80 valence electrons. The van der Waals surface area contributed by atoms with Gasteiger partial charge in [-0.3, -0.25) is 4.79 Å². The summed E-state index contributed by atoms with van der Waals surface area (Å²) in [6.07, 6.45) is 5.08. The molecule has 2 nitrogen and oxygen atoms in total. The molecule has 1 aliphatic carbocycles. The van der Waals surface area contributed by atoms with Crippen LogP contribution in [0.1, 0.15) is 35.4 Å². The second-order valence-corrected chi connectivity index (χ2v) is 5.47. The number of amides is 1. The van der Waals surface area contributed by atoms with E-state index < -0.39 is 0 Å². The van der Waals surface area contributed by atoms with E-state index in [0.717, 1.165) is 17.3 Å². The highest BCUT2D eigenvalue weighted by Gasteiger charge is 2.40. The molecule has 1 saturated carbocycles. The molecule has 1 unspecified atom stereocenters. The second-order valence-electron chi connectivity index (χ2n) is 4.52. The van der Waals surface area contributed by atoms with Gasteiger partial charge in [0.2, 0.25) is 0 Å². The van der Waals surface area contributed by atoms with Crippen LogP contribution in [0, 0.1) is 5.92 Å². The van der Waals surface area contributed by atoms with Gasteiger partial charge in [-0.15, -0.1) is 11.3 Å². The number of hydrogen-bond donors (Lipinski definition) is 0. The summed E-state index contributed by atoms with van der Waals surface area (Å²) in [6, 6.07) is 4.45. The summed E-state index contributed by atoms with van der Waals surface area (Å²) in [7, 11) is 0. The van der Waals surface area contributed by atoms with Crippen LogP contribution in [0.3, 0.4) is 0 Å². The predicted molar refractivity (Wildman–Crippen MR) is 61.1 cm³/mol. The molecule has 1 saturated heterocycles. The molecule has 0 aromatic carbocycles. The highest BCUT2D eigenvalue weighted by Crippen LogP contribution is 2.40. The zero-order valence-corrected chi connectivity index (χ0v) is 9.50. The van der Waals surface area contributed by atoms with Gasteiger partial charge < -0.3 is 4.90 Å². The third-order valence-corrected chi connectivity index (χ3v) is 4.32. The molecule has 1 amide bonds. The lowest BCUT2D eigenvalue weighted by molar-refractivity contribution is 0.0726. The number of hydrogen-bond acceptors (Lipinski definition) is 2. The molecule has 1 atom stereocenters. The van der Waals surface area contributed by atoms with Crippen LogP contribution in [0.5, 0.6) is 0 Å². The number of likely N-dealkylation sites (tertiary alicyclic amines) is 1. The topological polar surface area (TPSA) is 20.3 Å². The van der Waals surface area contributed by atoms with Gasteiger partial charge in [-0.25, -0.2) is 0 Å². The maximum absolute atomic E-state index is 12.2. The lowest BCUT2D eigenvalue weighted by atomic mass is 10.1. The Kier molecular flexibility index (Phi) is 2.28. The predicted octanol–water partition coefficient (Wildman–Crippen LogP) is 2.76. The Bertz CT molecular complexity index is 356. The summed E-state index contributed by atoms with van der Waals surface area (Å²) < 4.78 is 0. The molecule has 1 aliphatic heterocycles. The van der Waals surface area contributed by atoms with Crippen molar-refractivity contribution in [2.45, 2.75) is 31.7 Å². The van der Waals surface area contributed by atoms with Gasteiger partial charge in [-0.2, -0.15) is 0 Å². The number of nitrogens with zero attached hydrogens (tertiary/aromatic N) is 1. The summed E-state index contributed by atoms with van der Waals surface area (Å²) in [6.45, 7) is 0.970.